The van der Waals surface area contributed by atoms with Crippen LogP contribution >= 0.6 is 11.3 Å². The van der Waals surface area contributed by atoms with E-state index in [4.69, 9.17) is 19.2 Å². The predicted octanol–water partition coefficient (Wildman–Crippen LogP) is 5.93. The van der Waals surface area contributed by atoms with Gasteiger partial charge in [0.05, 0.1) is 23.9 Å². The summed E-state index contributed by atoms with van der Waals surface area (Å²) in [5.74, 6) is -0.573. The lowest BCUT2D eigenvalue weighted by atomic mass is 10.1. The fourth-order valence-electron chi connectivity index (χ4n) is 4.50. The van der Waals surface area contributed by atoms with Crippen LogP contribution in [0, 0.1) is 0 Å². The van der Waals surface area contributed by atoms with Crippen molar-refractivity contribution in [3.63, 3.8) is 0 Å². The van der Waals surface area contributed by atoms with Gasteiger partial charge >= 0.3 is 11.9 Å². The van der Waals surface area contributed by atoms with E-state index in [0.717, 1.165) is 74.0 Å². The molecule has 2 bridgehead atoms. The van der Waals surface area contributed by atoms with Crippen molar-refractivity contribution in [1.29, 1.82) is 0 Å². The molecule has 3 heterocycles. The van der Waals surface area contributed by atoms with E-state index in [1.54, 1.807) is 17.4 Å². The van der Waals surface area contributed by atoms with Gasteiger partial charge in [-0.05, 0) is 53.0 Å². The first kappa shape index (κ1) is 31.7. The number of carbonyl (C=O) groups excluding carboxylic acids is 2. The molecular weight excluding hydrogens is 524 g/mol. The highest BCUT2D eigenvalue weighted by Gasteiger charge is 2.15. The molecular formula is C32H44N2O5S. The number of nitrogens with zero attached hydrogens (tertiary/aromatic N) is 2. The first-order chi connectivity index (χ1) is 19.3. The van der Waals surface area contributed by atoms with E-state index in [1.165, 1.54) is 11.6 Å². The van der Waals surface area contributed by atoms with E-state index < -0.39 is 12.1 Å². The molecule has 218 valence electrons. The second-order valence-electron chi connectivity index (χ2n) is 10.6. The number of ether oxygens (including phenoxy) is 3. The number of allylic oxidation sites excluding steroid dienone is 6. The van der Waals surface area contributed by atoms with Crippen molar-refractivity contribution in [3.8, 4) is 0 Å². The van der Waals surface area contributed by atoms with Crippen LogP contribution in [-0.4, -0.2) is 66.9 Å². The number of cyclic esters (lactones) is 2. The molecule has 2 aliphatic rings. The molecule has 1 fully saturated rings. The Morgan fingerprint density at radius 1 is 1.07 bits per heavy atom. The second-order valence-corrected chi connectivity index (χ2v) is 11.5. The summed E-state index contributed by atoms with van der Waals surface area (Å²) in [7, 11) is 0. The lowest BCUT2D eigenvalue weighted by Gasteiger charge is -2.25. The smallest absolute Gasteiger partial charge is 0.331 e. The fraction of sp³-hybridized carbons (Fsp3) is 0.531. The third-order valence-corrected chi connectivity index (χ3v) is 7.61. The summed E-state index contributed by atoms with van der Waals surface area (Å²) in [6, 6.07) is 0. The topological polar surface area (TPSA) is 78.0 Å². The number of esters is 2. The van der Waals surface area contributed by atoms with Crippen LogP contribution in [0.25, 0.3) is 0 Å². The minimum Gasteiger partial charge on any atom is -0.462 e. The van der Waals surface area contributed by atoms with E-state index in [0.29, 0.717) is 19.3 Å². The van der Waals surface area contributed by atoms with Crippen molar-refractivity contribution < 1.29 is 23.8 Å². The Labute approximate surface area is 243 Å². The number of hydrogen-bond donors (Lipinski definition) is 0. The van der Waals surface area contributed by atoms with Crippen LogP contribution < -0.4 is 0 Å². The van der Waals surface area contributed by atoms with E-state index in [-0.39, 0.29) is 12.1 Å². The van der Waals surface area contributed by atoms with Crippen LogP contribution in [0.15, 0.2) is 64.6 Å². The minimum absolute atomic E-state index is 0.168. The number of aromatic nitrogens is 1. The summed E-state index contributed by atoms with van der Waals surface area (Å²) in [6.07, 6.45) is 16.7. The number of hydrogen-bond acceptors (Lipinski definition) is 8. The lowest BCUT2D eigenvalue weighted by molar-refractivity contribution is -0.148. The summed E-state index contributed by atoms with van der Waals surface area (Å²) in [4.78, 5) is 32.0. The van der Waals surface area contributed by atoms with E-state index in [1.807, 2.05) is 32.9 Å². The highest BCUT2D eigenvalue weighted by molar-refractivity contribution is 7.09. The van der Waals surface area contributed by atoms with Gasteiger partial charge in [0.2, 0.25) is 0 Å². The minimum atomic E-state index is -0.434. The molecule has 0 N–H and O–H groups in total. The lowest BCUT2D eigenvalue weighted by Crippen LogP contribution is -2.36. The number of fused-ring (bicyclic) bond motifs is 2. The zero-order valence-corrected chi connectivity index (χ0v) is 25.2. The Bertz CT molecular complexity index is 1120. The third kappa shape index (κ3) is 12.6. The van der Waals surface area contributed by atoms with Crippen LogP contribution in [0.5, 0.6) is 0 Å². The molecule has 0 saturated carbocycles. The summed E-state index contributed by atoms with van der Waals surface area (Å²) in [5, 5.41) is 2.98. The largest absolute Gasteiger partial charge is 0.462 e. The van der Waals surface area contributed by atoms with Crippen LogP contribution in [0.1, 0.15) is 64.1 Å². The molecule has 7 nitrogen and oxygen atoms in total. The van der Waals surface area contributed by atoms with Crippen molar-refractivity contribution in [2.45, 2.75) is 78.4 Å². The maximum absolute atomic E-state index is 12.7. The van der Waals surface area contributed by atoms with Gasteiger partial charge in [0.1, 0.15) is 12.2 Å². The van der Waals surface area contributed by atoms with Gasteiger partial charge in [-0.15, -0.1) is 11.3 Å². The van der Waals surface area contributed by atoms with Crippen molar-refractivity contribution >= 4 is 23.3 Å². The molecule has 1 saturated heterocycles. The maximum Gasteiger partial charge on any atom is 0.331 e. The number of morpholine rings is 1. The van der Waals surface area contributed by atoms with Crippen molar-refractivity contribution in [3.05, 3.63) is 75.3 Å². The van der Waals surface area contributed by atoms with Gasteiger partial charge in [-0.1, -0.05) is 47.1 Å². The Balaban J connectivity index is 1.71. The molecule has 8 heteroatoms. The van der Waals surface area contributed by atoms with Crippen molar-refractivity contribution in [2.24, 2.45) is 0 Å². The van der Waals surface area contributed by atoms with Crippen LogP contribution in [0.4, 0.5) is 0 Å². The summed E-state index contributed by atoms with van der Waals surface area (Å²) in [6.45, 7) is 12.4. The number of carbonyl (C=O) groups is 2. The second kappa shape index (κ2) is 17.1. The molecule has 0 aromatic carbocycles. The maximum atomic E-state index is 12.7. The highest BCUT2D eigenvalue weighted by Crippen LogP contribution is 2.18. The average molecular weight is 569 g/mol. The molecule has 2 atom stereocenters. The summed E-state index contributed by atoms with van der Waals surface area (Å²) >= 11 is 1.58. The van der Waals surface area contributed by atoms with E-state index in [9.17, 15) is 9.59 Å². The highest BCUT2D eigenvalue weighted by atomic mass is 32.1. The zero-order valence-electron chi connectivity index (χ0n) is 24.4. The van der Waals surface area contributed by atoms with Crippen LogP contribution in [0.3, 0.4) is 0 Å². The zero-order chi connectivity index (χ0) is 28.7. The average Bonchev–Trinajstić information content (AvgIpc) is 3.35. The van der Waals surface area contributed by atoms with Crippen molar-refractivity contribution in [2.75, 3.05) is 32.8 Å². The molecule has 1 aromatic heterocycles. The van der Waals surface area contributed by atoms with Gasteiger partial charge < -0.3 is 14.2 Å². The Hall–Kier alpha value is -2.81. The molecule has 0 aliphatic carbocycles. The summed E-state index contributed by atoms with van der Waals surface area (Å²) in [5.41, 5.74) is 4.23. The first-order valence-electron chi connectivity index (χ1n) is 14.3. The third-order valence-electron chi connectivity index (χ3n) is 6.69. The van der Waals surface area contributed by atoms with Gasteiger partial charge in [0.15, 0.2) is 0 Å². The summed E-state index contributed by atoms with van der Waals surface area (Å²) < 4.78 is 16.8. The molecule has 1 aromatic rings. The normalized spacial score (nSPS) is 25.8. The molecule has 2 aliphatic heterocycles. The fourth-order valence-corrected chi connectivity index (χ4v) is 5.38. The monoisotopic (exact) mass is 568 g/mol. The van der Waals surface area contributed by atoms with E-state index in [2.05, 4.69) is 35.4 Å². The molecule has 0 radical (unpaired) electrons. The quantitative estimate of drug-likeness (QED) is 0.322. The molecule has 3 rings (SSSR count). The van der Waals surface area contributed by atoms with Crippen LogP contribution in [-0.2, 0) is 36.6 Å². The number of aryl methyl sites for hydroxylation is 1. The van der Waals surface area contributed by atoms with Gasteiger partial charge in [-0.3, -0.25) is 9.69 Å². The Morgan fingerprint density at radius 3 is 2.62 bits per heavy atom. The number of rotatable bonds is 5. The predicted molar refractivity (Wildman–Crippen MR) is 160 cm³/mol. The van der Waals surface area contributed by atoms with Gasteiger partial charge in [0.25, 0.3) is 0 Å². The number of thiazole rings is 1. The SMILES string of the molecule is CC(/C=C/C(C)=C/[C@@H]1Cc2nc(cs2)CCCCC(=O)O[C@@H](C)C/C(C)=C/C=C\C(=O)O1)=C\CN1CCOCC1. The van der Waals surface area contributed by atoms with Crippen LogP contribution in [0.2, 0.25) is 0 Å². The van der Waals surface area contributed by atoms with E-state index >= 15 is 0 Å². The van der Waals surface area contributed by atoms with Crippen molar-refractivity contribution in [1.82, 2.24) is 9.88 Å². The Kier molecular flexibility index (Phi) is 13.6. The Morgan fingerprint density at radius 2 is 1.82 bits per heavy atom. The van der Waals surface area contributed by atoms with Gasteiger partial charge in [-0.2, -0.15) is 0 Å². The molecule has 0 spiro atoms. The molecule has 0 amide bonds. The standard InChI is InChI=1S/C32H44N2O5S/c1-24(14-15-34-16-18-37-19-17-34)12-13-26(3)21-29-22-30-33-28(23-40-30)9-5-6-10-31(35)38-27(4)20-25(2)8-7-11-32(36)39-29/h7-8,11-14,21,23,27,29H,5-6,9-10,15-20,22H2,1-4H3/b11-7-,13-12+,24-14+,25-8+,26-21+/t27-,29+/m0/s1. The molecule has 0 unspecified atom stereocenters. The van der Waals surface area contributed by atoms with Gasteiger partial charge in [0, 0.05) is 50.4 Å². The van der Waals surface area contributed by atoms with Gasteiger partial charge in [-0.25, -0.2) is 9.78 Å². The molecule has 40 heavy (non-hydrogen) atoms. The first-order valence-corrected chi connectivity index (χ1v) is 15.2.